The van der Waals surface area contributed by atoms with Crippen LogP contribution in [0, 0.1) is 6.92 Å². The van der Waals surface area contributed by atoms with Crippen LogP contribution in [0.3, 0.4) is 0 Å². The SMILES string of the molecule is CCOc1cccn2c(C(=O)C[C@@H](COC)c3ccccc3)c(C)nc12.Cl. The number of ketones is 1. The molecule has 2 heterocycles. The minimum Gasteiger partial charge on any atom is -0.490 e. The molecule has 0 aliphatic rings. The van der Waals surface area contributed by atoms with Crippen LogP contribution >= 0.6 is 12.4 Å². The van der Waals surface area contributed by atoms with E-state index >= 15 is 0 Å². The van der Waals surface area contributed by atoms with Gasteiger partial charge in [0.1, 0.15) is 5.69 Å². The van der Waals surface area contributed by atoms with Gasteiger partial charge in [0.15, 0.2) is 17.2 Å². The van der Waals surface area contributed by atoms with Crippen LogP contribution in [-0.2, 0) is 4.74 Å². The third-order valence-corrected chi connectivity index (χ3v) is 4.42. The number of aryl methyl sites for hydroxylation is 1. The van der Waals surface area contributed by atoms with Crippen LogP contribution in [0.1, 0.15) is 41.0 Å². The number of halogens is 1. The molecular weight excluding hydrogens is 364 g/mol. The van der Waals surface area contributed by atoms with Gasteiger partial charge in [0.2, 0.25) is 0 Å². The molecule has 0 amide bonds. The van der Waals surface area contributed by atoms with Gasteiger partial charge in [0, 0.05) is 25.6 Å². The standard InChI is InChI=1S/C21H24N2O3.ClH/c1-4-26-19-11-8-12-23-20(15(2)22-21(19)23)18(24)13-17(14-25-3)16-9-6-5-7-10-16;/h5-12,17H,4,13-14H2,1-3H3;1H/t17-;/m0./s1. The number of pyridine rings is 1. The Morgan fingerprint density at radius 2 is 1.93 bits per heavy atom. The quantitative estimate of drug-likeness (QED) is 0.534. The van der Waals surface area contributed by atoms with Gasteiger partial charge in [-0.2, -0.15) is 0 Å². The number of rotatable bonds is 8. The van der Waals surface area contributed by atoms with Crippen molar-refractivity contribution in [1.29, 1.82) is 0 Å². The molecule has 0 radical (unpaired) electrons. The van der Waals surface area contributed by atoms with Crippen LogP contribution in [0.2, 0.25) is 0 Å². The van der Waals surface area contributed by atoms with Crippen molar-refractivity contribution in [3.05, 3.63) is 65.6 Å². The van der Waals surface area contributed by atoms with Gasteiger partial charge in [-0.3, -0.25) is 9.20 Å². The van der Waals surface area contributed by atoms with E-state index < -0.39 is 0 Å². The summed E-state index contributed by atoms with van der Waals surface area (Å²) in [7, 11) is 1.66. The lowest BCUT2D eigenvalue weighted by Crippen LogP contribution is -2.14. The van der Waals surface area contributed by atoms with Gasteiger partial charge < -0.3 is 9.47 Å². The summed E-state index contributed by atoms with van der Waals surface area (Å²) in [5.74, 6) is 0.747. The number of carbonyl (C=O) groups is 1. The highest BCUT2D eigenvalue weighted by Gasteiger charge is 2.23. The Morgan fingerprint density at radius 3 is 2.59 bits per heavy atom. The summed E-state index contributed by atoms with van der Waals surface area (Å²) in [6.07, 6.45) is 2.23. The lowest BCUT2D eigenvalue weighted by molar-refractivity contribution is 0.0940. The first-order valence-corrected chi connectivity index (χ1v) is 8.83. The molecule has 1 atom stereocenters. The number of imidazole rings is 1. The number of hydrogen-bond donors (Lipinski definition) is 0. The number of carbonyl (C=O) groups excluding carboxylic acids is 1. The van der Waals surface area contributed by atoms with Crippen molar-refractivity contribution in [2.75, 3.05) is 20.3 Å². The predicted octanol–water partition coefficient (Wildman–Crippen LogP) is 4.47. The number of methoxy groups -OCH3 is 1. The highest BCUT2D eigenvalue weighted by atomic mass is 35.5. The molecule has 0 saturated heterocycles. The summed E-state index contributed by atoms with van der Waals surface area (Å²) in [6.45, 7) is 4.85. The number of fused-ring (bicyclic) bond motifs is 1. The average Bonchev–Trinajstić information content (AvgIpc) is 2.99. The molecule has 0 bridgehead atoms. The molecule has 0 N–H and O–H groups in total. The molecular formula is C21H25ClN2O3. The highest BCUT2D eigenvalue weighted by Crippen LogP contribution is 2.26. The van der Waals surface area contributed by atoms with E-state index in [1.165, 1.54) is 0 Å². The third kappa shape index (κ3) is 4.49. The van der Waals surface area contributed by atoms with Crippen molar-refractivity contribution in [2.24, 2.45) is 0 Å². The van der Waals surface area contributed by atoms with Gasteiger partial charge >= 0.3 is 0 Å². The van der Waals surface area contributed by atoms with Crippen LogP contribution in [0.15, 0.2) is 48.7 Å². The molecule has 3 rings (SSSR count). The Morgan fingerprint density at radius 1 is 1.19 bits per heavy atom. The largest absolute Gasteiger partial charge is 0.490 e. The molecule has 144 valence electrons. The Bertz CT molecular complexity index is 893. The first-order chi connectivity index (χ1) is 12.7. The number of ether oxygens (including phenoxy) is 2. The Kier molecular flexibility index (Phi) is 7.39. The predicted molar refractivity (Wildman–Crippen MR) is 108 cm³/mol. The van der Waals surface area contributed by atoms with E-state index in [0.29, 0.717) is 42.4 Å². The monoisotopic (exact) mass is 388 g/mol. The summed E-state index contributed by atoms with van der Waals surface area (Å²) in [4.78, 5) is 17.7. The van der Waals surface area contributed by atoms with Crippen molar-refractivity contribution >= 4 is 23.8 Å². The maximum atomic E-state index is 13.1. The first kappa shape index (κ1) is 20.9. The van der Waals surface area contributed by atoms with E-state index in [4.69, 9.17) is 9.47 Å². The zero-order chi connectivity index (χ0) is 18.5. The van der Waals surface area contributed by atoms with E-state index in [9.17, 15) is 4.79 Å². The van der Waals surface area contributed by atoms with Crippen molar-refractivity contribution in [3.63, 3.8) is 0 Å². The Hall–Kier alpha value is -2.37. The molecule has 0 unspecified atom stereocenters. The number of aromatic nitrogens is 2. The second kappa shape index (κ2) is 9.53. The number of nitrogens with zero attached hydrogens (tertiary/aromatic N) is 2. The maximum Gasteiger partial charge on any atom is 0.182 e. The van der Waals surface area contributed by atoms with Crippen LogP contribution in [-0.4, -0.2) is 35.5 Å². The minimum atomic E-state index is 0. The van der Waals surface area contributed by atoms with Gasteiger partial charge in [-0.05, 0) is 31.5 Å². The molecule has 0 saturated carbocycles. The van der Waals surface area contributed by atoms with Crippen molar-refractivity contribution in [2.45, 2.75) is 26.2 Å². The van der Waals surface area contributed by atoms with E-state index in [0.717, 1.165) is 5.56 Å². The van der Waals surface area contributed by atoms with Crippen LogP contribution in [0.5, 0.6) is 5.75 Å². The zero-order valence-corrected chi connectivity index (χ0v) is 16.7. The molecule has 1 aromatic carbocycles. The van der Waals surface area contributed by atoms with E-state index in [1.54, 1.807) is 7.11 Å². The van der Waals surface area contributed by atoms with E-state index in [1.807, 2.05) is 66.9 Å². The minimum absolute atomic E-state index is 0. The molecule has 0 aliphatic carbocycles. The Labute approximate surface area is 165 Å². The lowest BCUT2D eigenvalue weighted by atomic mass is 9.93. The summed E-state index contributed by atoms with van der Waals surface area (Å²) in [6, 6.07) is 13.7. The molecule has 6 heteroatoms. The number of hydrogen-bond acceptors (Lipinski definition) is 4. The molecule has 2 aromatic heterocycles. The second-order valence-corrected chi connectivity index (χ2v) is 6.24. The second-order valence-electron chi connectivity index (χ2n) is 6.24. The Balaban J connectivity index is 0.00000261. The van der Waals surface area contributed by atoms with Gasteiger partial charge in [-0.1, -0.05) is 30.3 Å². The van der Waals surface area contributed by atoms with E-state index in [-0.39, 0.29) is 24.1 Å². The van der Waals surface area contributed by atoms with Crippen LogP contribution in [0.25, 0.3) is 5.65 Å². The van der Waals surface area contributed by atoms with Crippen molar-refractivity contribution in [1.82, 2.24) is 9.38 Å². The van der Waals surface area contributed by atoms with Gasteiger partial charge in [-0.25, -0.2) is 4.98 Å². The molecule has 27 heavy (non-hydrogen) atoms. The zero-order valence-electron chi connectivity index (χ0n) is 15.8. The van der Waals surface area contributed by atoms with Gasteiger partial charge in [0.05, 0.1) is 18.9 Å². The van der Waals surface area contributed by atoms with Gasteiger partial charge in [0.25, 0.3) is 0 Å². The molecule has 0 fully saturated rings. The maximum absolute atomic E-state index is 13.1. The fourth-order valence-electron chi connectivity index (χ4n) is 3.28. The summed E-state index contributed by atoms with van der Waals surface area (Å²) in [5.41, 5.74) is 3.10. The van der Waals surface area contributed by atoms with Gasteiger partial charge in [-0.15, -0.1) is 12.4 Å². The molecule has 0 aliphatic heterocycles. The van der Waals surface area contributed by atoms with E-state index in [2.05, 4.69) is 4.98 Å². The molecule has 0 spiro atoms. The number of Topliss-reactive ketones (excluding diaryl/α,β-unsaturated/α-hetero) is 1. The van der Waals surface area contributed by atoms with Crippen LogP contribution in [0.4, 0.5) is 0 Å². The third-order valence-electron chi connectivity index (χ3n) is 4.42. The van der Waals surface area contributed by atoms with Crippen molar-refractivity contribution in [3.8, 4) is 5.75 Å². The fraction of sp³-hybridized carbons (Fsp3) is 0.333. The lowest BCUT2D eigenvalue weighted by Gasteiger charge is -2.16. The van der Waals surface area contributed by atoms with Crippen molar-refractivity contribution < 1.29 is 14.3 Å². The smallest absolute Gasteiger partial charge is 0.182 e. The first-order valence-electron chi connectivity index (χ1n) is 8.83. The summed E-state index contributed by atoms with van der Waals surface area (Å²) in [5, 5.41) is 0. The normalized spacial score (nSPS) is 11.8. The summed E-state index contributed by atoms with van der Waals surface area (Å²) < 4.78 is 12.8. The average molecular weight is 389 g/mol. The molecule has 5 nitrogen and oxygen atoms in total. The summed E-state index contributed by atoms with van der Waals surface area (Å²) >= 11 is 0. The topological polar surface area (TPSA) is 52.8 Å². The fourth-order valence-corrected chi connectivity index (χ4v) is 3.28. The molecule has 3 aromatic rings. The number of benzene rings is 1. The highest BCUT2D eigenvalue weighted by molar-refractivity contribution is 5.97. The van der Waals surface area contributed by atoms with Crippen LogP contribution < -0.4 is 4.74 Å².